The number of rotatable bonds is 6. The van der Waals surface area contributed by atoms with Gasteiger partial charge in [0.05, 0.1) is 27.9 Å². The topological polar surface area (TPSA) is 84.7 Å². The summed E-state index contributed by atoms with van der Waals surface area (Å²) < 4.78 is 39.6. The molecule has 0 saturated heterocycles. The van der Waals surface area contributed by atoms with E-state index in [2.05, 4.69) is 25.7 Å². The highest BCUT2D eigenvalue weighted by Gasteiger charge is 2.30. The van der Waals surface area contributed by atoms with E-state index in [1.165, 1.54) is 6.07 Å². The number of aryl methyl sites for hydroxylation is 2. The summed E-state index contributed by atoms with van der Waals surface area (Å²) in [7, 11) is 1.78. The summed E-state index contributed by atoms with van der Waals surface area (Å²) >= 11 is 0. The maximum absolute atomic E-state index is 13.0. The molecule has 0 spiro atoms. The van der Waals surface area contributed by atoms with E-state index in [9.17, 15) is 18.0 Å². The van der Waals surface area contributed by atoms with Gasteiger partial charge < -0.3 is 10.6 Å². The van der Waals surface area contributed by atoms with Gasteiger partial charge in [0.25, 0.3) is 5.91 Å². The molecule has 0 aliphatic rings. The van der Waals surface area contributed by atoms with Crippen molar-refractivity contribution in [1.82, 2.24) is 25.1 Å². The van der Waals surface area contributed by atoms with Crippen LogP contribution in [-0.2, 0) is 13.2 Å². The summed E-state index contributed by atoms with van der Waals surface area (Å²) in [6.45, 7) is 2.35. The van der Waals surface area contributed by atoms with Gasteiger partial charge in [-0.1, -0.05) is 30.3 Å². The zero-order valence-electron chi connectivity index (χ0n) is 17.9. The summed E-state index contributed by atoms with van der Waals surface area (Å²) in [5.41, 5.74) is 2.47. The fourth-order valence-corrected chi connectivity index (χ4v) is 3.51. The average Bonchev–Trinajstić information content (AvgIpc) is 3.09. The van der Waals surface area contributed by atoms with Gasteiger partial charge in [-0.05, 0) is 25.1 Å². The minimum atomic E-state index is -4.43. The van der Waals surface area contributed by atoms with Crippen molar-refractivity contribution in [3.63, 3.8) is 0 Å². The van der Waals surface area contributed by atoms with Crippen LogP contribution in [0.2, 0.25) is 0 Å². The molecule has 3 aromatic heterocycles. The van der Waals surface area contributed by atoms with Crippen molar-refractivity contribution in [2.75, 3.05) is 18.4 Å². The molecular weight excluding hydrogens is 433 g/mol. The molecule has 3 heterocycles. The van der Waals surface area contributed by atoms with E-state index in [1.807, 2.05) is 37.3 Å². The lowest BCUT2D eigenvalue weighted by atomic mass is 10.0. The molecule has 170 valence electrons. The van der Waals surface area contributed by atoms with Gasteiger partial charge in [-0.25, -0.2) is 9.97 Å². The van der Waals surface area contributed by atoms with Gasteiger partial charge >= 0.3 is 6.18 Å². The van der Waals surface area contributed by atoms with Crippen LogP contribution in [0.5, 0.6) is 0 Å². The number of fused-ring (bicyclic) bond motifs is 1. The Bertz CT molecular complexity index is 1280. The lowest BCUT2D eigenvalue weighted by Crippen LogP contribution is -2.29. The molecule has 0 fully saturated rings. The van der Waals surface area contributed by atoms with E-state index in [-0.39, 0.29) is 24.8 Å². The monoisotopic (exact) mass is 454 g/mol. The molecule has 0 atom stereocenters. The minimum Gasteiger partial charge on any atom is -0.368 e. The first kappa shape index (κ1) is 22.3. The third-order valence-corrected chi connectivity index (χ3v) is 5.09. The van der Waals surface area contributed by atoms with E-state index in [1.54, 1.807) is 17.8 Å². The third kappa shape index (κ3) is 4.79. The normalized spacial score (nSPS) is 11.5. The first-order valence-corrected chi connectivity index (χ1v) is 10.2. The quantitative estimate of drug-likeness (QED) is 0.427. The first-order chi connectivity index (χ1) is 15.7. The van der Waals surface area contributed by atoms with Crippen molar-refractivity contribution in [1.29, 1.82) is 0 Å². The molecule has 0 aliphatic heterocycles. The van der Waals surface area contributed by atoms with Crippen LogP contribution in [0.3, 0.4) is 0 Å². The summed E-state index contributed by atoms with van der Waals surface area (Å²) in [5.74, 6) is -0.00382. The molecular formula is C23H21F3N6O. The highest BCUT2D eigenvalue weighted by Crippen LogP contribution is 2.29. The molecule has 10 heteroatoms. The number of halogens is 3. The number of nitrogens with one attached hydrogen (secondary N) is 2. The number of carbonyl (C=O) groups is 1. The molecule has 0 radical (unpaired) electrons. The number of carbonyl (C=O) groups excluding carboxylic acids is 1. The van der Waals surface area contributed by atoms with E-state index >= 15 is 0 Å². The number of anilines is 1. The maximum atomic E-state index is 13.0. The Morgan fingerprint density at radius 1 is 1.09 bits per heavy atom. The number of hydrogen-bond donors (Lipinski definition) is 2. The molecule has 0 saturated carbocycles. The molecule has 2 N–H and O–H groups in total. The predicted molar refractivity (Wildman–Crippen MR) is 119 cm³/mol. The molecule has 4 aromatic rings. The predicted octanol–water partition coefficient (Wildman–Crippen LogP) is 4.20. The largest absolute Gasteiger partial charge is 0.417 e. The van der Waals surface area contributed by atoms with Gasteiger partial charge in [0, 0.05) is 31.9 Å². The second-order valence-corrected chi connectivity index (χ2v) is 7.44. The smallest absolute Gasteiger partial charge is 0.368 e. The molecule has 33 heavy (non-hydrogen) atoms. The second kappa shape index (κ2) is 8.89. The SMILES string of the molecule is Cc1nn(C)c2nc(-c3ccccc3)cc(C(=O)NCCNc3ccc(C(F)(F)F)cn3)c12. The van der Waals surface area contributed by atoms with Crippen molar-refractivity contribution in [3.8, 4) is 11.3 Å². The lowest BCUT2D eigenvalue weighted by Gasteiger charge is -2.11. The van der Waals surface area contributed by atoms with Crippen molar-refractivity contribution in [3.05, 3.63) is 71.5 Å². The summed E-state index contributed by atoms with van der Waals surface area (Å²) in [6.07, 6.45) is -3.66. The number of benzene rings is 1. The summed E-state index contributed by atoms with van der Waals surface area (Å²) in [4.78, 5) is 21.5. The van der Waals surface area contributed by atoms with Crippen LogP contribution in [0.1, 0.15) is 21.6 Å². The molecule has 4 rings (SSSR count). The average molecular weight is 454 g/mol. The summed E-state index contributed by atoms with van der Waals surface area (Å²) in [6, 6.07) is 13.5. The van der Waals surface area contributed by atoms with E-state index in [0.717, 1.165) is 17.8 Å². The Hall–Kier alpha value is -3.95. The van der Waals surface area contributed by atoms with Crippen molar-refractivity contribution >= 4 is 22.8 Å². The standard InChI is InChI=1S/C23H21F3N6O/c1-14-20-17(12-18(15-6-4-3-5-7-15)30-21(20)32(2)31-14)22(33)28-11-10-27-19-9-8-16(13-29-19)23(24,25)26/h3-9,12-13H,10-11H2,1-2H3,(H,27,29)(H,28,33). The number of pyridine rings is 2. The number of aromatic nitrogens is 4. The van der Waals surface area contributed by atoms with Crippen LogP contribution < -0.4 is 10.6 Å². The zero-order valence-corrected chi connectivity index (χ0v) is 17.9. The van der Waals surface area contributed by atoms with E-state index in [4.69, 9.17) is 0 Å². The van der Waals surface area contributed by atoms with Crippen LogP contribution in [0.4, 0.5) is 19.0 Å². The molecule has 7 nitrogen and oxygen atoms in total. The molecule has 0 bridgehead atoms. The number of hydrogen-bond acceptors (Lipinski definition) is 5. The van der Waals surface area contributed by atoms with Crippen LogP contribution >= 0.6 is 0 Å². The van der Waals surface area contributed by atoms with Gasteiger partial charge in [0.2, 0.25) is 0 Å². The molecule has 0 unspecified atom stereocenters. The van der Waals surface area contributed by atoms with Crippen LogP contribution in [-0.4, -0.2) is 38.7 Å². The van der Waals surface area contributed by atoms with Crippen LogP contribution in [0.25, 0.3) is 22.3 Å². The highest BCUT2D eigenvalue weighted by atomic mass is 19.4. The highest BCUT2D eigenvalue weighted by molar-refractivity contribution is 6.07. The molecule has 0 aliphatic carbocycles. The maximum Gasteiger partial charge on any atom is 0.417 e. The fraction of sp³-hybridized carbons (Fsp3) is 0.217. The Kier molecular flexibility index (Phi) is 5.99. The van der Waals surface area contributed by atoms with Gasteiger partial charge in [-0.3, -0.25) is 9.48 Å². The van der Waals surface area contributed by atoms with Gasteiger partial charge in [-0.15, -0.1) is 0 Å². The Balaban J connectivity index is 1.48. The Labute approximate surface area is 187 Å². The Morgan fingerprint density at radius 2 is 1.85 bits per heavy atom. The lowest BCUT2D eigenvalue weighted by molar-refractivity contribution is -0.137. The molecule has 1 aromatic carbocycles. The van der Waals surface area contributed by atoms with Crippen molar-refractivity contribution in [2.24, 2.45) is 7.05 Å². The summed E-state index contributed by atoms with van der Waals surface area (Å²) in [5, 5.41) is 10.8. The third-order valence-electron chi connectivity index (χ3n) is 5.09. The van der Waals surface area contributed by atoms with E-state index in [0.29, 0.717) is 28.0 Å². The van der Waals surface area contributed by atoms with Crippen molar-refractivity contribution in [2.45, 2.75) is 13.1 Å². The van der Waals surface area contributed by atoms with Gasteiger partial charge in [-0.2, -0.15) is 18.3 Å². The first-order valence-electron chi connectivity index (χ1n) is 10.2. The second-order valence-electron chi connectivity index (χ2n) is 7.44. The number of amides is 1. The van der Waals surface area contributed by atoms with E-state index < -0.39 is 11.7 Å². The van der Waals surface area contributed by atoms with Crippen LogP contribution in [0.15, 0.2) is 54.7 Å². The zero-order chi connectivity index (χ0) is 23.6. The molecule has 1 amide bonds. The van der Waals surface area contributed by atoms with Crippen molar-refractivity contribution < 1.29 is 18.0 Å². The van der Waals surface area contributed by atoms with Gasteiger partial charge in [0.1, 0.15) is 5.82 Å². The van der Waals surface area contributed by atoms with Gasteiger partial charge in [0.15, 0.2) is 5.65 Å². The Morgan fingerprint density at radius 3 is 2.52 bits per heavy atom. The minimum absolute atomic E-state index is 0.241. The van der Waals surface area contributed by atoms with Crippen LogP contribution in [0, 0.1) is 6.92 Å². The number of alkyl halides is 3. The fourth-order valence-electron chi connectivity index (χ4n) is 3.51. The number of nitrogens with zero attached hydrogens (tertiary/aromatic N) is 4.